The van der Waals surface area contributed by atoms with Crippen LogP contribution in [0, 0.1) is 5.82 Å². The van der Waals surface area contributed by atoms with Gasteiger partial charge in [-0.1, -0.05) is 6.07 Å². The highest BCUT2D eigenvalue weighted by Crippen LogP contribution is 2.16. The molecule has 0 amide bonds. The second kappa shape index (κ2) is 7.26. The van der Waals surface area contributed by atoms with Crippen LogP contribution in [0.25, 0.3) is 5.69 Å². The lowest BCUT2D eigenvalue weighted by Crippen LogP contribution is -2.39. The third kappa shape index (κ3) is 3.70. The van der Waals surface area contributed by atoms with Crippen molar-refractivity contribution < 1.29 is 4.39 Å². The molecule has 1 aromatic carbocycles. The first-order valence-corrected chi connectivity index (χ1v) is 8.08. The number of nitrogens with one attached hydrogen (secondary N) is 1. The Morgan fingerprint density at radius 1 is 1.35 bits per heavy atom. The Balaban J connectivity index is 1.74. The number of aliphatic imine (C=N–C) groups is 1. The van der Waals surface area contributed by atoms with E-state index in [4.69, 9.17) is 0 Å². The van der Waals surface area contributed by atoms with Crippen molar-refractivity contribution in [1.82, 2.24) is 19.8 Å². The molecule has 1 aliphatic heterocycles. The molecule has 0 atom stereocenters. The number of aromatic nitrogens is 2. The fourth-order valence-electron chi connectivity index (χ4n) is 2.78. The third-order valence-electron chi connectivity index (χ3n) is 3.95. The largest absolute Gasteiger partial charge is 0.357 e. The number of halogens is 1. The van der Waals surface area contributed by atoms with Crippen molar-refractivity contribution in [3.05, 3.63) is 48.3 Å². The summed E-state index contributed by atoms with van der Waals surface area (Å²) < 4.78 is 15.9. The van der Waals surface area contributed by atoms with Crippen molar-refractivity contribution in [3.63, 3.8) is 0 Å². The Kier molecular flexibility index (Phi) is 4.90. The minimum Gasteiger partial charge on any atom is -0.357 e. The number of benzene rings is 1. The molecule has 3 rings (SSSR count). The predicted octanol–water partition coefficient (Wildman–Crippen LogP) is 2.57. The fraction of sp³-hybridized carbons (Fsp3) is 0.412. The van der Waals surface area contributed by atoms with Gasteiger partial charge in [-0.2, -0.15) is 0 Å². The normalized spacial score (nSPS) is 15.2. The quantitative estimate of drug-likeness (QED) is 0.697. The van der Waals surface area contributed by atoms with Crippen LogP contribution in [0.15, 0.2) is 41.9 Å². The molecule has 1 aromatic heterocycles. The molecule has 1 aliphatic rings. The molecule has 0 aliphatic carbocycles. The summed E-state index contributed by atoms with van der Waals surface area (Å²) in [6.45, 7) is 5.45. The molecule has 2 heterocycles. The Labute approximate surface area is 135 Å². The van der Waals surface area contributed by atoms with E-state index in [1.165, 1.54) is 12.8 Å². The summed E-state index contributed by atoms with van der Waals surface area (Å²) in [5, 5.41) is 3.31. The summed E-state index contributed by atoms with van der Waals surface area (Å²) >= 11 is 0. The summed E-state index contributed by atoms with van der Waals surface area (Å²) in [6.07, 6.45) is 7.37. The van der Waals surface area contributed by atoms with Crippen LogP contribution in [-0.4, -0.2) is 40.0 Å². The Hall–Kier alpha value is -2.37. The minimum atomic E-state index is -0.262. The smallest absolute Gasteiger partial charge is 0.194 e. The van der Waals surface area contributed by atoms with Gasteiger partial charge in [-0.15, -0.1) is 0 Å². The molecular formula is C17H22FN5. The summed E-state index contributed by atoms with van der Waals surface area (Å²) in [6, 6.07) is 5.23. The molecule has 0 radical (unpaired) electrons. The first kappa shape index (κ1) is 15.5. The number of likely N-dealkylation sites (tertiary alicyclic amines) is 1. The molecule has 122 valence electrons. The van der Waals surface area contributed by atoms with E-state index in [1.807, 2.05) is 6.07 Å². The Bertz CT molecular complexity index is 660. The van der Waals surface area contributed by atoms with Gasteiger partial charge in [0.25, 0.3) is 0 Å². The molecule has 5 nitrogen and oxygen atoms in total. The SMILES string of the molecule is CCNC(=NCc1ccc(-n2ccnc2)c(F)c1)N1CCCC1. The van der Waals surface area contributed by atoms with E-state index in [0.29, 0.717) is 12.2 Å². The zero-order valence-corrected chi connectivity index (χ0v) is 13.4. The molecule has 0 bridgehead atoms. The molecule has 0 saturated carbocycles. The van der Waals surface area contributed by atoms with Crippen molar-refractivity contribution >= 4 is 5.96 Å². The lowest BCUT2D eigenvalue weighted by molar-refractivity contribution is 0.493. The second-order valence-electron chi connectivity index (χ2n) is 5.62. The molecule has 23 heavy (non-hydrogen) atoms. The Morgan fingerprint density at radius 3 is 2.83 bits per heavy atom. The number of guanidine groups is 1. The molecule has 0 spiro atoms. The molecule has 1 N–H and O–H groups in total. The van der Waals surface area contributed by atoms with E-state index in [0.717, 1.165) is 31.2 Å². The maximum atomic E-state index is 14.3. The van der Waals surface area contributed by atoms with Gasteiger partial charge in [-0.3, -0.25) is 0 Å². The van der Waals surface area contributed by atoms with Crippen molar-refractivity contribution in [3.8, 4) is 5.69 Å². The second-order valence-corrected chi connectivity index (χ2v) is 5.62. The van der Waals surface area contributed by atoms with Crippen LogP contribution in [0.4, 0.5) is 4.39 Å². The first-order chi connectivity index (χ1) is 11.3. The zero-order chi connectivity index (χ0) is 16.1. The lowest BCUT2D eigenvalue weighted by Gasteiger charge is -2.20. The van der Waals surface area contributed by atoms with Crippen molar-refractivity contribution in [2.75, 3.05) is 19.6 Å². The average molecular weight is 315 g/mol. The van der Waals surface area contributed by atoms with Gasteiger partial charge in [0.15, 0.2) is 5.96 Å². The van der Waals surface area contributed by atoms with Gasteiger partial charge in [0.05, 0.1) is 18.6 Å². The summed E-state index contributed by atoms with van der Waals surface area (Å²) in [7, 11) is 0. The van der Waals surface area contributed by atoms with E-state index < -0.39 is 0 Å². The van der Waals surface area contributed by atoms with E-state index in [9.17, 15) is 4.39 Å². The van der Waals surface area contributed by atoms with E-state index in [1.54, 1.807) is 35.4 Å². The van der Waals surface area contributed by atoms with Gasteiger partial charge in [0, 0.05) is 32.0 Å². The maximum absolute atomic E-state index is 14.3. The lowest BCUT2D eigenvalue weighted by atomic mass is 10.2. The van der Waals surface area contributed by atoms with Gasteiger partial charge >= 0.3 is 0 Å². The highest BCUT2D eigenvalue weighted by Gasteiger charge is 2.15. The van der Waals surface area contributed by atoms with Crippen LogP contribution >= 0.6 is 0 Å². The molecule has 0 unspecified atom stereocenters. The predicted molar refractivity (Wildman–Crippen MR) is 89.1 cm³/mol. The summed E-state index contributed by atoms with van der Waals surface area (Å²) in [4.78, 5) is 10.9. The van der Waals surface area contributed by atoms with Crippen LogP contribution in [0.2, 0.25) is 0 Å². The first-order valence-electron chi connectivity index (χ1n) is 8.08. The molecular weight excluding hydrogens is 293 g/mol. The van der Waals surface area contributed by atoms with E-state index >= 15 is 0 Å². The fourth-order valence-corrected chi connectivity index (χ4v) is 2.78. The molecule has 1 saturated heterocycles. The van der Waals surface area contributed by atoms with Crippen LogP contribution in [0.5, 0.6) is 0 Å². The van der Waals surface area contributed by atoms with Crippen molar-refractivity contribution in [2.24, 2.45) is 4.99 Å². The third-order valence-corrected chi connectivity index (χ3v) is 3.95. The summed E-state index contributed by atoms with van der Waals surface area (Å²) in [5.74, 6) is 0.658. The number of hydrogen-bond acceptors (Lipinski definition) is 2. The van der Waals surface area contributed by atoms with E-state index in [2.05, 4.69) is 27.1 Å². The van der Waals surface area contributed by atoms with Crippen molar-refractivity contribution in [1.29, 1.82) is 0 Å². The van der Waals surface area contributed by atoms with Crippen molar-refractivity contribution in [2.45, 2.75) is 26.3 Å². The van der Waals surface area contributed by atoms with Gasteiger partial charge in [0.1, 0.15) is 5.82 Å². The highest BCUT2D eigenvalue weighted by atomic mass is 19.1. The topological polar surface area (TPSA) is 45.5 Å². The molecule has 2 aromatic rings. The van der Waals surface area contributed by atoms with Crippen LogP contribution in [-0.2, 0) is 6.54 Å². The zero-order valence-electron chi connectivity index (χ0n) is 13.4. The maximum Gasteiger partial charge on any atom is 0.194 e. The Morgan fingerprint density at radius 2 is 2.17 bits per heavy atom. The van der Waals surface area contributed by atoms with Crippen LogP contribution < -0.4 is 5.32 Å². The molecule has 6 heteroatoms. The van der Waals surface area contributed by atoms with Gasteiger partial charge in [-0.25, -0.2) is 14.4 Å². The van der Waals surface area contributed by atoms with Gasteiger partial charge < -0.3 is 14.8 Å². The molecule has 1 fully saturated rings. The monoisotopic (exact) mass is 315 g/mol. The highest BCUT2D eigenvalue weighted by molar-refractivity contribution is 5.80. The average Bonchev–Trinajstić information content (AvgIpc) is 3.24. The number of hydrogen-bond donors (Lipinski definition) is 1. The number of nitrogens with zero attached hydrogens (tertiary/aromatic N) is 4. The van der Waals surface area contributed by atoms with Crippen LogP contribution in [0.3, 0.4) is 0 Å². The van der Waals surface area contributed by atoms with Crippen LogP contribution in [0.1, 0.15) is 25.3 Å². The van der Waals surface area contributed by atoms with Gasteiger partial charge in [-0.05, 0) is 37.5 Å². The van der Waals surface area contributed by atoms with Gasteiger partial charge in [0.2, 0.25) is 0 Å². The number of rotatable bonds is 4. The summed E-state index contributed by atoms with van der Waals surface area (Å²) in [5.41, 5.74) is 1.36. The number of imidazole rings is 1. The minimum absolute atomic E-state index is 0.262. The standard InChI is InChI=1S/C17H22FN5/c1-2-20-17(22-8-3-4-9-22)21-12-14-5-6-16(15(18)11-14)23-10-7-19-13-23/h5-7,10-11,13H,2-4,8-9,12H2,1H3,(H,20,21). The van der Waals surface area contributed by atoms with E-state index in [-0.39, 0.29) is 5.82 Å².